The maximum atomic E-state index is 13.7. The van der Waals surface area contributed by atoms with Gasteiger partial charge in [0.1, 0.15) is 23.7 Å². The molecule has 7 N–H and O–H groups in total. The number of aromatic amines is 2. The molecule has 11 nitrogen and oxygen atoms in total. The van der Waals surface area contributed by atoms with Gasteiger partial charge in [0.25, 0.3) is 0 Å². The van der Waals surface area contributed by atoms with Crippen molar-refractivity contribution in [3.8, 4) is 0 Å². The molecule has 0 radical (unpaired) electrons. The number of piperidine rings is 1. The number of amides is 2. The van der Waals surface area contributed by atoms with Crippen LogP contribution in [-0.4, -0.2) is 66.7 Å². The van der Waals surface area contributed by atoms with E-state index in [0.717, 1.165) is 79.1 Å². The third kappa shape index (κ3) is 6.92. The van der Waals surface area contributed by atoms with Crippen LogP contribution >= 0.6 is 0 Å². The molecule has 0 saturated carbocycles. The monoisotopic (exact) mass is 789 g/mol. The van der Waals surface area contributed by atoms with Crippen LogP contribution in [-0.2, 0) is 9.59 Å². The number of nitrogens with zero attached hydrogens (tertiary/aromatic N) is 4. The van der Waals surface area contributed by atoms with E-state index in [2.05, 4.69) is 46.5 Å². The molecular weight excluding hydrogens is 735 g/mol. The van der Waals surface area contributed by atoms with Gasteiger partial charge in [0.15, 0.2) is 0 Å². The van der Waals surface area contributed by atoms with Gasteiger partial charge in [0, 0.05) is 37.0 Å². The molecule has 4 saturated heterocycles. The van der Waals surface area contributed by atoms with Crippen molar-refractivity contribution in [3.05, 3.63) is 143 Å². The van der Waals surface area contributed by atoms with Crippen molar-refractivity contribution in [2.45, 2.75) is 94.5 Å². The van der Waals surface area contributed by atoms with Gasteiger partial charge in [-0.3, -0.25) is 9.59 Å². The Morgan fingerprint density at radius 2 is 1.15 bits per heavy atom. The summed E-state index contributed by atoms with van der Waals surface area (Å²) < 4.78 is 0. The Balaban J connectivity index is 0.884. The Morgan fingerprint density at radius 1 is 0.661 bits per heavy atom. The molecule has 11 heteroatoms. The minimum atomic E-state index is -0.690. The van der Waals surface area contributed by atoms with Gasteiger partial charge in [-0.15, -0.1) is 0 Å². The van der Waals surface area contributed by atoms with E-state index in [1.54, 1.807) is 0 Å². The van der Waals surface area contributed by atoms with Crippen LogP contribution in [0.5, 0.6) is 0 Å². The molecule has 4 aliphatic heterocycles. The second kappa shape index (κ2) is 15.7. The zero-order chi connectivity index (χ0) is 40.2. The lowest BCUT2D eigenvalue weighted by atomic mass is 9.70. The topological polar surface area (TPSA) is 162 Å². The van der Waals surface area contributed by atoms with E-state index in [1.807, 2.05) is 82.9 Å². The van der Waals surface area contributed by atoms with E-state index in [1.165, 1.54) is 28.7 Å². The number of allylic oxidation sites excluding steroid dienone is 6. The second-order valence-corrected chi connectivity index (χ2v) is 17.7. The van der Waals surface area contributed by atoms with Crippen LogP contribution < -0.4 is 16.8 Å². The van der Waals surface area contributed by atoms with Crippen molar-refractivity contribution in [1.29, 1.82) is 0 Å². The lowest BCUT2D eigenvalue weighted by Gasteiger charge is -2.33. The number of likely N-dealkylation sites (tertiary alicyclic amines) is 2. The number of benzene rings is 2. The summed E-state index contributed by atoms with van der Waals surface area (Å²) in [4.78, 5) is 48.1. The summed E-state index contributed by atoms with van der Waals surface area (Å²) in [5.74, 6) is 2.94. The summed E-state index contributed by atoms with van der Waals surface area (Å²) in [6, 6.07) is 18.5. The lowest BCUT2D eigenvalue weighted by Crippen LogP contribution is -2.39. The molecule has 59 heavy (non-hydrogen) atoms. The van der Waals surface area contributed by atoms with Gasteiger partial charge < -0.3 is 36.6 Å². The highest BCUT2D eigenvalue weighted by molar-refractivity contribution is 5.84. The van der Waals surface area contributed by atoms with Gasteiger partial charge in [-0.05, 0) is 90.7 Å². The summed E-state index contributed by atoms with van der Waals surface area (Å²) >= 11 is 0. The summed E-state index contributed by atoms with van der Waals surface area (Å²) in [5.41, 5.74) is 22.1. The summed E-state index contributed by atoms with van der Waals surface area (Å²) in [7, 11) is 0. The molecule has 4 aromatic rings. The quantitative estimate of drug-likeness (QED) is 0.122. The van der Waals surface area contributed by atoms with Crippen molar-refractivity contribution < 1.29 is 9.59 Å². The zero-order valence-corrected chi connectivity index (χ0v) is 33.8. The van der Waals surface area contributed by atoms with E-state index < -0.39 is 12.1 Å². The van der Waals surface area contributed by atoms with Crippen LogP contribution in [0.2, 0.25) is 0 Å². The maximum Gasteiger partial charge on any atom is 0.244 e. The first-order chi connectivity index (χ1) is 28.8. The number of H-pyrrole nitrogens is 2. The number of rotatable bonds is 9. The van der Waals surface area contributed by atoms with Crippen LogP contribution in [0.1, 0.15) is 117 Å². The number of aromatic nitrogens is 4. The predicted octanol–water partition coefficient (Wildman–Crippen LogP) is 6.99. The van der Waals surface area contributed by atoms with Gasteiger partial charge in [-0.25, -0.2) is 9.97 Å². The SMILES string of the molecule is CC1CC2NC(C1)C1C(c3cnc(C4CCCN4C(=O)C(N)c4ccccc4)[nH]3)=CC=C(C3=CC=C(c4cnc(C5CCCN5C(=O)C(N)c5ccccc5)[nH]4)CC3)C21. The number of nitrogens with one attached hydrogen (secondary N) is 3. The van der Waals surface area contributed by atoms with E-state index in [0.29, 0.717) is 42.9 Å². The average Bonchev–Trinajstić information content (AvgIpc) is 4.14. The number of hydrogen-bond donors (Lipinski definition) is 5. The van der Waals surface area contributed by atoms with Crippen LogP contribution in [0.4, 0.5) is 0 Å². The highest BCUT2D eigenvalue weighted by atomic mass is 16.2. The van der Waals surface area contributed by atoms with Gasteiger partial charge in [0.05, 0.1) is 35.9 Å². The van der Waals surface area contributed by atoms with Crippen molar-refractivity contribution in [1.82, 2.24) is 35.1 Å². The first kappa shape index (κ1) is 37.9. The number of carbonyl (C=O) groups is 2. The molecule has 6 heterocycles. The Morgan fingerprint density at radius 3 is 1.71 bits per heavy atom. The molecule has 0 spiro atoms. The number of nitrogens with two attached hydrogens (primary N) is 2. The summed E-state index contributed by atoms with van der Waals surface area (Å²) in [5, 5.41) is 4.06. The number of fused-ring (bicyclic) bond motifs is 5. The molecule has 2 aromatic carbocycles. The minimum Gasteiger partial charge on any atom is -0.341 e. The first-order valence-electron chi connectivity index (χ1n) is 21.7. The summed E-state index contributed by atoms with van der Waals surface area (Å²) in [6.45, 7) is 3.77. The fourth-order valence-electron chi connectivity index (χ4n) is 11.2. The third-order valence-corrected chi connectivity index (χ3v) is 14.1. The first-order valence-corrected chi connectivity index (χ1v) is 21.7. The Labute approximate surface area is 346 Å². The molecule has 4 fully saturated rings. The molecule has 9 unspecified atom stereocenters. The van der Waals surface area contributed by atoms with Crippen LogP contribution in [0, 0.1) is 17.8 Å². The zero-order valence-electron chi connectivity index (χ0n) is 33.8. The van der Waals surface area contributed by atoms with Gasteiger partial charge in [-0.1, -0.05) is 91.9 Å². The van der Waals surface area contributed by atoms with E-state index in [-0.39, 0.29) is 23.9 Å². The van der Waals surface area contributed by atoms with Gasteiger partial charge >= 0.3 is 0 Å². The average molecular weight is 790 g/mol. The van der Waals surface area contributed by atoms with Crippen molar-refractivity contribution >= 4 is 23.0 Å². The summed E-state index contributed by atoms with van der Waals surface area (Å²) in [6.07, 6.45) is 21.0. The number of imidazole rings is 2. The molecular formula is C48H55N9O2. The Kier molecular flexibility index (Phi) is 10.1. The van der Waals surface area contributed by atoms with Crippen molar-refractivity contribution in [2.24, 2.45) is 29.2 Å². The van der Waals surface area contributed by atoms with E-state index >= 15 is 0 Å². The molecule has 9 atom stereocenters. The van der Waals surface area contributed by atoms with Gasteiger partial charge in [0.2, 0.25) is 11.8 Å². The van der Waals surface area contributed by atoms with E-state index in [9.17, 15) is 9.59 Å². The van der Waals surface area contributed by atoms with E-state index in [4.69, 9.17) is 21.4 Å². The van der Waals surface area contributed by atoms with Crippen LogP contribution in [0.15, 0.2) is 109 Å². The molecule has 304 valence electrons. The number of carbonyl (C=O) groups excluding carboxylic acids is 2. The Hall–Kier alpha value is -5.36. The predicted molar refractivity (Wildman–Crippen MR) is 229 cm³/mol. The largest absolute Gasteiger partial charge is 0.341 e. The smallest absolute Gasteiger partial charge is 0.244 e. The highest BCUT2D eigenvalue weighted by Crippen LogP contribution is 2.52. The molecule has 2 aliphatic carbocycles. The minimum absolute atomic E-state index is 0.0495. The normalized spacial score (nSPS) is 28.7. The standard InChI is InChI=1S/C48H55N9O2/c1-28-24-35-41-33(29-16-18-30(19-17-29)37-26-51-45(54-37)39-14-8-22-56(39)47(58)43(49)31-10-4-2-5-11-31)20-21-34(42(41)36(25-28)53-35)38-27-52-46(55-38)40-15-9-23-57(40)48(59)44(50)32-12-6-3-7-13-32/h2-7,10-13,16,18,20-21,26-28,35-36,39-44,53H,8-9,14-15,17,19,22-25,49-50H2,1H3,(H,51,54)(H,52,55). The molecule has 6 aliphatic rings. The fourth-order valence-corrected chi connectivity index (χ4v) is 11.2. The molecule has 10 rings (SSSR count). The van der Waals surface area contributed by atoms with Crippen LogP contribution in [0.25, 0.3) is 11.1 Å². The lowest BCUT2D eigenvalue weighted by molar-refractivity contribution is -0.134. The molecule has 2 aromatic heterocycles. The molecule has 2 amide bonds. The molecule has 2 bridgehead atoms. The third-order valence-electron chi connectivity index (χ3n) is 14.1. The fraction of sp³-hybridized carbons (Fsp3) is 0.417. The number of hydrogen-bond acceptors (Lipinski definition) is 7. The van der Waals surface area contributed by atoms with Crippen molar-refractivity contribution in [3.63, 3.8) is 0 Å². The van der Waals surface area contributed by atoms with Gasteiger partial charge in [-0.2, -0.15) is 0 Å². The van der Waals surface area contributed by atoms with Crippen LogP contribution in [0.3, 0.4) is 0 Å². The highest BCUT2D eigenvalue weighted by Gasteiger charge is 2.51. The maximum absolute atomic E-state index is 13.7. The van der Waals surface area contributed by atoms with Crippen molar-refractivity contribution in [2.75, 3.05) is 13.1 Å². The Bertz CT molecular complexity index is 2340. The second-order valence-electron chi connectivity index (χ2n) is 17.7.